The van der Waals surface area contributed by atoms with E-state index in [-0.39, 0.29) is 11.5 Å². The summed E-state index contributed by atoms with van der Waals surface area (Å²) in [5.41, 5.74) is 3.18. The third-order valence-corrected chi connectivity index (χ3v) is 4.81. The maximum Gasteiger partial charge on any atom is 0.411 e. The minimum atomic E-state index is -0.451. The maximum absolute atomic E-state index is 12.1. The van der Waals surface area contributed by atoms with Gasteiger partial charge < -0.3 is 14.8 Å². The van der Waals surface area contributed by atoms with E-state index < -0.39 is 11.5 Å². The fourth-order valence-electron chi connectivity index (χ4n) is 2.87. The topological polar surface area (TPSA) is 76.7 Å². The predicted octanol–water partition coefficient (Wildman–Crippen LogP) is 6.41. The van der Waals surface area contributed by atoms with E-state index in [2.05, 4.69) is 10.6 Å². The zero-order valence-corrected chi connectivity index (χ0v) is 20.8. The second-order valence-corrected chi connectivity index (χ2v) is 10.2. The highest BCUT2D eigenvalue weighted by Crippen LogP contribution is 2.19. The second-order valence-electron chi connectivity index (χ2n) is 10.2. The lowest BCUT2D eigenvalue weighted by Crippen LogP contribution is -2.27. The van der Waals surface area contributed by atoms with Crippen LogP contribution in [0, 0.1) is 5.41 Å². The maximum atomic E-state index is 12.1. The molecule has 0 heterocycles. The largest absolute Gasteiger partial charge is 0.449 e. The average Bonchev–Trinajstić information content (AvgIpc) is 2.72. The van der Waals surface area contributed by atoms with Gasteiger partial charge in [0.2, 0.25) is 5.91 Å². The highest BCUT2D eigenvalue weighted by Gasteiger charge is 2.21. The van der Waals surface area contributed by atoms with Crippen molar-refractivity contribution < 1.29 is 19.1 Å². The van der Waals surface area contributed by atoms with Crippen molar-refractivity contribution in [2.75, 3.05) is 23.8 Å². The molecule has 0 saturated heterocycles. The summed E-state index contributed by atoms with van der Waals surface area (Å²) in [5, 5.41) is 5.68. The summed E-state index contributed by atoms with van der Waals surface area (Å²) in [6, 6.07) is 15.5. The van der Waals surface area contributed by atoms with Crippen molar-refractivity contribution in [1.82, 2.24) is 0 Å². The normalized spacial score (nSPS) is 11.7. The van der Waals surface area contributed by atoms with E-state index in [4.69, 9.17) is 9.47 Å². The van der Waals surface area contributed by atoms with Crippen LogP contribution in [0.25, 0.3) is 0 Å². The number of nitrogens with one attached hydrogen (secondary N) is 2. The fourth-order valence-corrected chi connectivity index (χ4v) is 2.87. The number of benzene rings is 2. The Morgan fingerprint density at radius 3 is 1.70 bits per heavy atom. The summed E-state index contributed by atoms with van der Waals surface area (Å²) in [6.07, 6.45) is 1.92. The van der Waals surface area contributed by atoms with Crippen molar-refractivity contribution in [2.24, 2.45) is 5.41 Å². The summed E-state index contributed by atoms with van der Waals surface area (Å²) in [4.78, 5) is 24.1. The second kappa shape index (κ2) is 11.8. The quantitative estimate of drug-likeness (QED) is 0.430. The fraction of sp³-hybridized carbons (Fsp3) is 0.481. The Labute approximate surface area is 198 Å². The molecule has 2 aromatic carbocycles. The van der Waals surface area contributed by atoms with E-state index in [1.54, 1.807) is 0 Å². The molecule has 0 aliphatic carbocycles. The summed E-state index contributed by atoms with van der Waals surface area (Å²) < 4.78 is 10.9. The van der Waals surface area contributed by atoms with Gasteiger partial charge >= 0.3 is 6.09 Å². The van der Waals surface area contributed by atoms with Crippen LogP contribution in [0.3, 0.4) is 0 Å². The zero-order chi connectivity index (χ0) is 24.5. The van der Waals surface area contributed by atoms with Gasteiger partial charge in [-0.05, 0) is 75.4 Å². The van der Waals surface area contributed by atoms with Crippen molar-refractivity contribution in [3.63, 3.8) is 0 Å². The molecule has 2 N–H and O–H groups in total. The van der Waals surface area contributed by atoms with Crippen molar-refractivity contribution >= 4 is 23.4 Å². The van der Waals surface area contributed by atoms with Gasteiger partial charge in [-0.15, -0.1) is 0 Å². The first-order valence-corrected chi connectivity index (χ1v) is 11.5. The Bertz CT molecular complexity index is 892. The summed E-state index contributed by atoms with van der Waals surface area (Å²) >= 11 is 0. The van der Waals surface area contributed by atoms with Crippen LogP contribution in [0.5, 0.6) is 0 Å². The molecular weight excluding hydrogens is 416 g/mol. The van der Waals surface area contributed by atoms with E-state index in [1.165, 1.54) is 0 Å². The van der Waals surface area contributed by atoms with Crippen LogP contribution in [0.15, 0.2) is 48.5 Å². The molecule has 2 amide bonds. The number of carbonyl (C=O) groups excluding carboxylic acids is 2. The van der Waals surface area contributed by atoms with Crippen LogP contribution in [0.4, 0.5) is 16.2 Å². The van der Waals surface area contributed by atoms with E-state index in [0.29, 0.717) is 18.9 Å². The Morgan fingerprint density at radius 2 is 1.21 bits per heavy atom. The number of hydrogen-bond acceptors (Lipinski definition) is 4. The van der Waals surface area contributed by atoms with Crippen molar-refractivity contribution in [3.05, 3.63) is 59.7 Å². The minimum Gasteiger partial charge on any atom is -0.449 e. The molecular formula is C27H38N2O4. The Hall–Kier alpha value is -2.86. The molecule has 0 unspecified atom stereocenters. The molecule has 0 aromatic heterocycles. The molecule has 0 aliphatic heterocycles. The van der Waals surface area contributed by atoms with Gasteiger partial charge in [0.1, 0.15) is 0 Å². The standard InChI is InChI=1S/C27H38N2O4/c1-26(2,3)24(30)28-22-13-9-20(10-14-22)19-21-11-15-23(16-12-21)29-25(31)32-17-7-8-18-33-27(4,5)6/h9-16H,7-8,17-19H2,1-6H3,(H,28,30)(H,29,31). The van der Waals surface area contributed by atoms with Gasteiger partial charge in [-0.3, -0.25) is 10.1 Å². The Kier molecular flexibility index (Phi) is 9.47. The molecule has 2 rings (SSSR count). The van der Waals surface area contributed by atoms with Gasteiger partial charge in [0, 0.05) is 23.4 Å². The molecule has 6 heteroatoms. The van der Waals surface area contributed by atoms with Crippen LogP contribution >= 0.6 is 0 Å². The van der Waals surface area contributed by atoms with E-state index in [0.717, 1.165) is 36.1 Å². The van der Waals surface area contributed by atoms with Gasteiger partial charge in [0.25, 0.3) is 0 Å². The summed E-state index contributed by atoms with van der Waals surface area (Å²) in [6.45, 7) is 12.8. The predicted molar refractivity (Wildman–Crippen MR) is 134 cm³/mol. The molecule has 0 fully saturated rings. The number of anilines is 2. The van der Waals surface area contributed by atoms with Crippen molar-refractivity contribution in [2.45, 2.75) is 66.4 Å². The summed E-state index contributed by atoms with van der Waals surface area (Å²) in [7, 11) is 0. The number of rotatable bonds is 9. The molecule has 6 nitrogen and oxygen atoms in total. The molecule has 0 radical (unpaired) electrons. The molecule has 33 heavy (non-hydrogen) atoms. The molecule has 0 saturated carbocycles. The first-order chi connectivity index (χ1) is 15.4. The number of hydrogen-bond donors (Lipinski definition) is 2. The molecule has 0 bridgehead atoms. The van der Waals surface area contributed by atoms with Crippen LogP contribution in [0.1, 0.15) is 65.5 Å². The number of amides is 2. The van der Waals surface area contributed by atoms with Gasteiger partial charge in [0.15, 0.2) is 0 Å². The van der Waals surface area contributed by atoms with Gasteiger partial charge in [-0.2, -0.15) is 0 Å². The first-order valence-electron chi connectivity index (χ1n) is 11.5. The van der Waals surface area contributed by atoms with Gasteiger partial charge in [-0.1, -0.05) is 45.0 Å². The molecule has 0 spiro atoms. The molecule has 180 valence electrons. The molecule has 2 aromatic rings. The third-order valence-electron chi connectivity index (χ3n) is 4.81. The summed E-state index contributed by atoms with van der Waals surface area (Å²) in [5.74, 6) is -0.00795. The SMILES string of the molecule is CC(C)(C)OCCCCOC(=O)Nc1ccc(Cc2ccc(NC(=O)C(C)(C)C)cc2)cc1. The monoisotopic (exact) mass is 454 g/mol. The number of ether oxygens (including phenoxy) is 2. The van der Waals surface area contributed by atoms with Crippen molar-refractivity contribution in [3.8, 4) is 0 Å². The smallest absolute Gasteiger partial charge is 0.411 e. The van der Waals surface area contributed by atoms with Crippen LogP contribution in [-0.4, -0.2) is 30.8 Å². The zero-order valence-electron chi connectivity index (χ0n) is 20.8. The van der Waals surface area contributed by atoms with E-state index in [1.807, 2.05) is 90.1 Å². The lowest BCUT2D eigenvalue weighted by atomic mass is 9.95. The minimum absolute atomic E-state index is 0.00795. The lowest BCUT2D eigenvalue weighted by Gasteiger charge is -2.19. The Morgan fingerprint density at radius 1 is 0.727 bits per heavy atom. The third kappa shape index (κ3) is 10.5. The highest BCUT2D eigenvalue weighted by molar-refractivity contribution is 5.94. The Balaban J connectivity index is 1.74. The van der Waals surface area contributed by atoms with Gasteiger partial charge in [0.05, 0.1) is 12.2 Å². The van der Waals surface area contributed by atoms with E-state index >= 15 is 0 Å². The number of unbranched alkanes of at least 4 members (excludes halogenated alkanes) is 1. The lowest BCUT2D eigenvalue weighted by molar-refractivity contribution is -0.123. The molecule has 0 aliphatic rings. The van der Waals surface area contributed by atoms with Crippen LogP contribution in [0.2, 0.25) is 0 Å². The van der Waals surface area contributed by atoms with E-state index in [9.17, 15) is 9.59 Å². The highest BCUT2D eigenvalue weighted by atomic mass is 16.5. The average molecular weight is 455 g/mol. The van der Waals surface area contributed by atoms with Crippen LogP contribution < -0.4 is 10.6 Å². The number of carbonyl (C=O) groups is 2. The van der Waals surface area contributed by atoms with Crippen LogP contribution in [-0.2, 0) is 20.7 Å². The van der Waals surface area contributed by atoms with Crippen molar-refractivity contribution in [1.29, 1.82) is 0 Å². The molecule has 0 atom stereocenters. The first kappa shape index (κ1) is 26.4. The van der Waals surface area contributed by atoms with Gasteiger partial charge in [-0.25, -0.2) is 4.79 Å².